The smallest absolute Gasteiger partial charge is 0.271 e. The van der Waals surface area contributed by atoms with Gasteiger partial charge in [0, 0.05) is 40.5 Å². The van der Waals surface area contributed by atoms with E-state index in [1.165, 1.54) is 12.4 Å². The number of amides is 2. The van der Waals surface area contributed by atoms with Crippen LogP contribution in [-0.4, -0.2) is 29.6 Å². The van der Waals surface area contributed by atoms with Crippen LogP contribution >= 0.6 is 0 Å². The molecule has 0 aliphatic rings. The Morgan fingerprint density at radius 3 is 2.61 bits per heavy atom. The number of pyridine rings is 1. The Hall–Kier alpha value is -4.20. The highest BCUT2D eigenvalue weighted by atomic mass is 16.5. The second-order valence-corrected chi connectivity index (χ2v) is 6.90. The molecule has 0 saturated carbocycles. The lowest BCUT2D eigenvalue weighted by Crippen LogP contribution is -2.21. The highest BCUT2D eigenvalue weighted by Gasteiger charge is 2.14. The van der Waals surface area contributed by atoms with Crippen molar-refractivity contribution in [2.45, 2.75) is 13.3 Å². The number of fused-ring (bicyclic) bond motifs is 3. The Morgan fingerprint density at radius 2 is 1.84 bits per heavy atom. The summed E-state index contributed by atoms with van der Waals surface area (Å²) < 4.78 is 11.3. The molecule has 2 aromatic heterocycles. The van der Waals surface area contributed by atoms with Crippen molar-refractivity contribution in [1.29, 1.82) is 0 Å². The topological polar surface area (TPSA) is 106 Å². The van der Waals surface area contributed by atoms with Crippen LogP contribution in [0.2, 0.25) is 0 Å². The van der Waals surface area contributed by atoms with Crippen molar-refractivity contribution < 1.29 is 18.7 Å². The molecule has 0 radical (unpaired) electrons. The Bertz CT molecular complexity index is 1300. The molecule has 2 N–H and O–H groups in total. The van der Waals surface area contributed by atoms with Crippen molar-refractivity contribution in [3.05, 3.63) is 66.5 Å². The van der Waals surface area contributed by atoms with Gasteiger partial charge in [0.25, 0.3) is 5.91 Å². The number of aromatic nitrogens is 1. The molecule has 0 spiro atoms. The number of anilines is 1. The molecule has 31 heavy (non-hydrogen) atoms. The van der Waals surface area contributed by atoms with Crippen LogP contribution in [0.4, 0.5) is 5.69 Å². The van der Waals surface area contributed by atoms with E-state index in [1.54, 1.807) is 32.2 Å². The summed E-state index contributed by atoms with van der Waals surface area (Å²) >= 11 is 0. The molecule has 4 rings (SSSR count). The number of para-hydroxylation sites is 1. The molecule has 0 atom stereocenters. The standard InChI is InChI=1S/C23H20N4O4/c1-14(26-27-23(29)15-7-9-24-10-8-15)11-22(28)25-18-13-20-17(12-21(18)30-2)16-5-3-4-6-19(16)31-20/h3-10,12-13H,11H2,1-2H3,(H,25,28)(H,27,29)/b26-14+. The number of hydrogen-bond acceptors (Lipinski definition) is 6. The molecule has 0 aliphatic heterocycles. The van der Waals surface area contributed by atoms with Crippen LogP contribution in [0.15, 0.2) is 70.4 Å². The van der Waals surface area contributed by atoms with Crippen LogP contribution in [0, 0.1) is 0 Å². The summed E-state index contributed by atoms with van der Waals surface area (Å²) in [5.74, 6) is -0.152. The van der Waals surface area contributed by atoms with Crippen LogP contribution in [0.25, 0.3) is 21.9 Å². The minimum atomic E-state index is -0.376. The normalized spacial score (nSPS) is 11.5. The highest BCUT2D eigenvalue weighted by molar-refractivity contribution is 6.10. The number of hydrazone groups is 1. The zero-order chi connectivity index (χ0) is 21.8. The molecule has 8 heteroatoms. The number of carbonyl (C=O) groups is 2. The van der Waals surface area contributed by atoms with Crippen LogP contribution in [0.1, 0.15) is 23.7 Å². The van der Waals surface area contributed by atoms with E-state index < -0.39 is 0 Å². The highest BCUT2D eigenvalue weighted by Crippen LogP contribution is 2.36. The predicted octanol–water partition coefficient (Wildman–Crippen LogP) is 4.12. The Labute approximate surface area is 177 Å². The maximum Gasteiger partial charge on any atom is 0.271 e. The SMILES string of the molecule is COc1cc2c(cc1NC(=O)C/C(C)=N/NC(=O)c1ccncc1)oc1ccccc12. The summed E-state index contributed by atoms with van der Waals surface area (Å²) in [6.45, 7) is 1.66. The molecule has 0 bridgehead atoms. The van der Waals surface area contributed by atoms with E-state index in [4.69, 9.17) is 9.15 Å². The van der Waals surface area contributed by atoms with E-state index >= 15 is 0 Å². The third-order valence-electron chi connectivity index (χ3n) is 4.68. The molecule has 156 valence electrons. The fourth-order valence-electron chi connectivity index (χ4n) is 3.20. The maximum absolute atomic E-state index is 12.5. The number of ether oxygens (including phenoxy) is 1. The van der Waals surface area contributed by atoms with E-state index in [0.717, 1.165) is 16.4 Å². The van der Waals surface area contributed by atoms with Gasteiger partial charge in [-0.25, -0.2) is 5.43 Å². The lowest BCUT2D eigenvalue weighted by Gasteiger charge is -2.10. The first-order valence-corrected chi connectivity index (χ1v) is 9.58. The number of hydrogen-bond donors (Lipinski definition) is 2. The average Bonchev–Trinajstić information content (AvgIpc) is 3.14. The summed E-state index contributed by atoms with van der Waals surface area (Å²) in [7, 11) is 1.54. The van der Waals surface area contributed by atoms with Gasteiger partial charge in [0.15, 0.2) is 0 Å². The van der Waals surface area contributed by atoms with Gasteiger partial charge < -0.3 is 14.5 Å². The lowest BCUT2D eigenvalue weighted by atomic mass is 10.1. The first-order chi connectivity index (χ1) is 15.0. The van der Waals surface area contributed by atoms with Gasteiger partial charge in [-0.15, -0.1) is 0 Å². The van der Waals surface area contributed by atoms with Crippen molar-refractivity contribution in [2.24, 2.45) is 5.10 Å². The fraction of sp³-hybridized carbons (Fsp3) is 0.130. The quantitative estimate of drug-likeness (QED) is 0.363. The van der Waals surface area contributed by atoms with E-state index in [1.807, 2.05) is 30.3 Å². The Morgan fingerprint density at radius 1 is 1.06 bits per heavy atom. The monoisotopic (exact) mass is 416 g/mol. The largest absolute Gasteiger partial charge is 0.495 e. The summed E-state index contributed by atoms with van der Waals surface area (Å²) in [6, 6.07) is 14.4. The molecule has 0 fully saturated rings. The summed E-state index contributed by atoms with van der Waals surface area (Å²) in [5, 5.41) is 8.69. The number of nitrogens with one attached hydrogen (secondary N) is 2. The molecule has 2 amide bonds. The average molecular weight is 416 g/mol. The first kappa shape index (κ1) is 20.1. The van der Waals surface area contributed by atoms with E-state index in [2.05, 4.69) is 20.8 Å². The number of rotatable bonds is 6. The minimum Gasteiger partial charge on any atom is -0.495 e. The summed E-state index contributed by atoms with van der Waals surface area (Å²) in [5.41, 5.74) is 5.21. The first-order valence-electron chi connectivity index (χ1n) is 9.58. The molecule has 2 heterocycles. The third kappa shape index (κ3) is 4.37. The predicted molar refractivity (Wildman–Crippen MR) is 118 cm³/mol. The van der Waals surface area contributed by atoms with Gasteiger partial charge >= 0.3 is 0 Å². The molecular weight excluding hydrogens is 396 g/mol. The van der Waals surface area contributed by atoms with Gasteiger partial charge in [-0.2, -0.15) is 5.10 Å². The summed E-state index contributed by atoms with van der Waals surface area (Å²) in [6.07, 6.45) is 3.04. The van der Waals surface area contributed by atoms with Crippen molar-refractivity contribution in [1.82, 2.24) is 10.4 Å². The van der Waals surface area contributed by atoms with Gasteiger partial charge in [-0.3, -0.25) is 14.6 Å². The van der Waals surface area contributed by atoms with Crippen molar-refractivity contribution >= 4 is 45.2 Å². The Kier molecular flexibility index (Phi) is 5.61. The second-order valence-electron chi connectivity index (χ2n) is 6.90. The van der Waals surface area contributed by atoms with Gasteiger partial charge in [0.05, 0.1) is 19.2 Å². The number of methoxy groups -OCH3 is 1. The van der Waals surface area contributed by atoms with Gasteiger partial charge in [0.2, 0.25) is 5.91 Å². The van der Waals surface area contributed by atoms with E-state index in [-0.39, 0.29) is 18.2 Å². The number of nitrogens with zero attached hydrogens (tertiary/aromatic N) is 2. The van der Waals surface area contributed by atoms with Gasteiger partial charge in [0.1, 0.15) is 16.9 Å². The zero-order valence-electron chi connectivity index (χ0n) is 17.0. The molecule has 8 nitrogen and oxygen atoms in total. The summed E-state index contributed by atoms with van der Waals surface area (Å²) in [4.78, 5) is 28.4. The lowest BCUT2D eigenvalue weighted by molar-refractivity contribution is -0.115. The minimum absolute atomic E-state index is 0.00204. The van der Waals surface area contributed by atoms with Crippen molar-refractivity contribution in [3.8, 4) is 5.75 Å². The van der Waals surface area contributed by atoms with E-state index in [9.17, 15) is 9.59 Å². The second kappa shape index (κ2) is 8.66. The van der Waals surface area contributed by atoms with Crippen molar-refractivity contribution in [3.63, 3.8) is 0 Å². The van der Waals surface area contributed by atoms with Gasteiger partial charge in [-0.1, -0.05) is 18.2 Å². The van der Waals surface area contributed by atoms with E-state index in [0.29, 0.717) is 28.3 Å². The molecule has 4 aromatic rings. The molecule has 2 aromatic carbocycles. The molecular formula is C23H20N4O4. The number of carbonyl (C=O) groups excluding carboxylic acids is 2. The zero-order valence-corrected chi connectivity index (χ0v) is 17.0. The molecule has 0 aliphatic carbocycles. The van der Waals surface area contributed by atoms with Crippen LogP contribution in [0.3, 0.4) is 0 Å². The molecule has 0 unspecified atom stereocenters. The maximum atomic E-state index is 12.5. The van der Waals surface area contributed by atoms with Crippen molar-refractivity contribution in [2.75, 3.05) is 12.4 Å². The van der Waals surface area contributed by atoms with Gasteiger partial charge in [-0.05, 0) is 31.2 Å². The van der Waals surface area contributed by atoms with Crippen LogP contribution < -0.4 is 15.5 Å². The molecule has 0 saturated heterocycles. The fourth-order valence-corrected chi connectivity index (χ4v) is 3.20. The third-order valence-corrected chi connectivity index (χ3v) is 4.68. The van der Waals surface area contributed by atoms with Crippen LogP contribution in [0.5, 0.6) is 5.75 Å². The Balaban J connectivity index is 1.47. The number of benzene rings is 2. The number of furan rings is 1. The van der Waals surface area contributed by atoms with Crippen LogP contribution in [-0.2, 0) is 4.79 Å².